The van der Waals surface area contributed by atoms with Crippen molar-refractivity contribution in [1.82, 2.24) is 10.6 Å². The maximum Gasteiger partial charge on any atom is 0.326 e. The summed E-state index contributed by atoms with van der Waals surface area (Å²) in [4.78, 5) is 23.0. The fraction of sp³-hybridized carbons (Fsp3) is 0.467. The van der Waals surface area contributed by atoms with Crippen LogP contribution in [0.15, 0.2) is 30.3 Å². The highest BCUT2D eigenvalue weighted by molar-refractivity contribution is 5.83. The van der Waals surface area contributed by atoms with Gasteiger partial charge in [0.25, 0.3) is 0 Å². The van der Waals surface area contributed by atoms with Crippen LogP contribution < -0.4 is 10.6 Å². The Bertz CT molecular complexity index is 499. The number of carboxylic acids is 1. The van der Waals surface area contributed by atoms with Crippen molar-refractivity contribution in [1.29, 1.82) is 0 Å². The average Bonchev–Trinajstić information content (AvgIpc) is 2.96. The van der Waals surface area contributed by atoms with Gasteiger partial charge in [0, 0.05) is 12.5 Å². The summed E-state index contributed by atoms with van der Waals surface area (Å²) in [5.41, 5.74) is 1.00. The average molecular weight is 276 g/mol. The first-order chi connectivity index (χ1) is 9.38. The van der Waals surface area contributed by atoms with Gasteiger partial charge in [-0.3, -0.25) is 0 Å². The van der Waals surface area contributed by atoms with Crippen LogP contribution >= 0.6 is 0 Å². The molecule has 1 aliphatic rings. The Kier molecular flexibility index (Phi) is 3.97. The third-order valence-corrected chi connectivity index (χ3v) is 3.70. The van der Waals surface area contributed by atoms with Crippen LogP contribution in [0.2, 0.25) is 0 Å². The van der Waals surface area contributed by atoms with E-state index in [2.05, 4.69) is 24.5 Å². The minimum Gasteiger partial charge on any atom is -0.480 e. The molecule has 2 atom stereocenters. The molecule has 0 saturated heterocycles. The lowest BCUT2D eigenvalue weighted by Crippen LogP contribution is -2.48. The first kappa shape index (κ1) is 14.4. The molecule has 1 aromatic rings. The molecule has 1 fully saturated rings. The Labute approximate surface area is 118 Å². The monoisotopic (exact) mass is 276 g/mol. The number of carbonyl (C=O) groups is 2. The Hall–Kier alpha value is -2.04. The molecule has 3 N–H and O–H groups in total. The molecule has 5 heteroatoms. The molecule has 2 amide bonds. The molecule has 20 heavy (non-hydrogen) atoms. The highest BCUT2D eigenvalue weighted by atomic mass is 16.4. The Balaban J connectivity index is 1.89. The first-order valence-electron chi connectivity index (χ1n) is 6.72. The Morgan fingerprint density at radius 3 is 2.45 bits per heavy atom. The molecule has 2 unspecified atom stereocenters. The zero-order valence-corrected chi connectivity index (χ0v) is 11.7. The summed E-state index contributed by atoms with van der Waals surface area (Å²) in [6.45, 7) is 4.13. The van der Waals surface area contributed by atoms with Gasteiger partial charge in [0.1, 0.15) is 6.04 Å². The second kappa shape index (κ2) is 5.53. The van der Waals surface area contributed by atoms with Crippen LogP contribution in [0, 0.1) is 5.41 Å². The Morgan fingerprint density at radius 1 is 1.35 bits per heavy atom. The third-order valence-electron chi connectivity index (χ3n) is 3.70. The molecule has 0 radical (unpaired) electrons. The quantitative estimate of drug-likeness (QED) is 0.767. The number of amides is 2. The molecule has 0 heterocycles. The lowest BCUT2D eigenvalue weighted by Gasteiger charge is -2.16. The fourth-order valence-corrected chi connectivity index (χ4v) is 2.12. The van der Waals surface area contributed by atoms with Crippen molar-refractivity contribution in [3.63, 3.8) is 0 Å². The molecule has 0 bridgehead atoms. The molecule has 1 aliphatic carbocycles. The zero-order valence-electron chi connectivity index (χ0n) is 11.7. The van der Waals surface area contributed by atoms with Crippen molar-refractivity contribution >= 4 is 12.0 Å². The normalized spacial score (nSPS) is 20.8. The van der Waals surface area contributed by atoms with Gasteiger partial charge in [-0.25, -0.2) is 9.59 Å². The molecule has 108 valence electrons. The molecule has 1 saturated carbocycles. The van der Waals surface area contributed by atoms with Gasteiger partial charge in [-0.15, -0.1) is 0 Å². The third kappa shape index (κ3) is 3.73. The van der Waals surface area contributed by atoms with E-state index in [1.165, 1.54) is 0 Å². The zero-order chi connectivity index (χ0) is 14.8. The van der Waals surface area contributed by atoms with Gasteiger partial charge in [0.15, 0.2) is 0 Å². The predicted octanol–water partition coefficient (Wildman–Crippen LogP) is 1.78. The molecule has 0 aromatic heterocycles. The van der Waals surface area contributed by atoms with Crippen LogP contribution in [0.1, 0.15) is 25.8 Å². The molecule has 0 aliphatic heterocycles. The minimum atomic E-state index is -1.03. The SMILES string of the molecule is CC1(C)CC1NC(=O)NC(Cc1ccccc1)C(=O)O. The summed E-state index contributed by atoms with van der Waals surface area (Å²) < 4.78 is 0. The van der Waals surface area contributed by atoms with E-state index in [4.69, 9.17) is 0 Å². The largest absolute Gasteiger partial charge is 0.480 e. The van der Waals surface area contributed by atoms with Crippen LogP contribution in [-0.2, 0) is 11.2 Å². The molecule has 1 aromatic carbocycles. The van der Waals surface area contributed by atoms with Gasteiger partial charge in [-0.1, -0.05) is 44.2 Å². The van der Waals surface area contributed by atoms with Gasteiger partial charge in [0.2, 0.25) is 0 Å². The molecule has 0 spiro atoms. The number of nitrogens with one attached hydrogen (secondary N) is 2. The second-order valence-electron chi connectivity index (χ2n) is 5.94. The number of aliphatic carboxylic acids is 1. The van der Waals surface area contributed by atoms with Gasteiger partial charge < -0.3 is 15.7 Å². The fourth-order valence-electron chi connectivity index (χ4n) is 2.12. The van der Waals surface area contributed by atoms with Crippen molar-refractivity contribution in [3.8, 4) is 0 Å². The maximum absolute atomic E-state index is 11.8. The van der Waals surface area contributed by atoms with Gasteiger partial charge >= 0.3 is 12.0 Å². The molecular weight excluding hydrogens is 256 g/mol. The lowest BCUT2D eigenvalue weighted by molar-refractivity contribution is -0.139. The minimum absolute atomic E-state index is 0.121. The number of rotatable bonds is 5. The second-order valence-corrected chi connectivity index (χ2v) is 5.94. The summed E-state index contributed by atoms with van der Waals surface area (Å²) in [6, 6.07) is 8.06. The summed E-state index contributed by atoms with van der Waals surface area (Å²) in [5, 5.41) is 14.5. The van der Waals surface area contributed by atoms with Gasteiger partial charge in [0.05, 0.1) is 0 Å². The molecular formula is C15H20N2O3. The standard InChI is InChI=1S/C15H20N2O3/c1-15(2)9-12(15)17-14(20)16-11(13(18)19)8-10-6-4-3-5-7-10/h3-7,11-12H,8-9H2,1-2H3,(H,18,19)(H2,16,17,20). The van der Waals surface area contributed by atoms with E-state index in [0.717, 1.165) is 12.0 Å². The van der Waals surface area contributed by atoms with E-state index < -0.39 is 18.0 Å². The highest BCUT2D eigenvalue weighted by Crippen LogP contribution is 2.44. The first-order valence-corrected chi connectivity index (χ1v) is 6.72. The van der Waals surface area contributed by atoms with E-state index in [-0.39, 0.29) is 17.9 Å². The van der Waals surface area contributed by atoms with Crippen LogP contribution in [-0.4, -0.2) is 29.2 Å². The van der Waals surface area contributed by atoms with Crippen molar-refractivity contribution in [2.24, 2.45) is 5.41 Å². The van der Waals surface area contributed by atoms with Crippen molar-refractivity contribution in [2.45, 2.75) is 38.8 Å². The number of carboxylic acid groups (broad SMARTS) is 1. The van der Waals surface area contributed by atoms with Crippen LogP contribution in [0.4, 0.5) is 4.79 Å². The van der Waals surface area contributed by atoms with E-state index >= 15 is 0 Å². The summed E-state index contributed by atoms with van der Waals surface area (Å²) >= 11 is 0. The summed E-state index contributed by atoms with van der Waals surface area (Å²) in [7, 11) is 0. The van der Waals surface area contributed by atoms with E-state index in [1.54, 1.807) is 0 Å². The van der Waals surface area contributed by atoms with Crippen molar-refractivity contribution in [2.75, 3.05) is 0 Å². The highest BCUT2D eigenvalue weighted by Gasteiger charge is 2.46. The van der Waals surface area contributed by atoms with Crippen LogP contribution in [0.25, 0.3) is 0 Å². The predicted molar refractivity (Wildman–Crippen MR) is 75.4 cm³/mol. The van der Waals surface area contributed by atoms with E-state index in [9.17, 15) is 14.7 Å². The van der Waals surface area contributed by atoms with E-state index in [0.29, 0.717) is 0 Å². The number of benzene rings is 1. The van der Waals surface area contributed by atoms with E-state index in [1.807, 2.05) is 30.3 Å². The smallest absolute Gasteiger partial charge is 0.326 e. The number of hydrogen-bond donors (Lipinski definition) is 3. The summed E-state index contributed by atoms with van der Waals surface area (Å²) in [5.74, 6) is -1.03. The maximum atomic E-state index is 11.8. The topological polar surface area (TPSA) is 78.4 Å². The molecule has 2 rings (SSSR count). The molecule has 5 nitrogen and oxygen atoms in total. The van der Waals surface area contributed by atoms with Crippen molar-refractivity contribution < 1.29 is 14.7 Å². The van der Waals surface area contributed by atoms with Gasteiger partial charge in [-0.2, -0.15) is 0 Å². The van der Waals surface area contributed by atoms with Crippen LogP contribution in [0.3, 0.4) is 0 Å². The van der Waals surface area contributed by atoms with Gasteiger partial charge in [-0.05, 0) is 17.4 Å². The lowest BCUT2D eigenvalue weighted by atomic mass is 10.1. The Morgan fingerprint density at radius 2 is 1.95 bits per heavy atom. The van der Waals surface area contributed by atoms with Crippen molar-refractivity contribution in [3.05, 3.63) is 35.9 Å². The number of urea groups is 1. The van der Waals surface area contributed by atoms with Crippen LogP contribution in [0.5, 0.6) is 0 Å². The number of carbonyl (C=O) groups excluding carboxylic acids is 1. The summed E-state index contributed by atoms with van der Waals surface area (Å²) in [6.07, 6.45) is 1.20. The number of hydrogen-bond acceptors (Lipinski definition) is 2.